The van der Waals surface area contributed by atoms with Crippen molar-refractivity contribution in [2.45, 2.75) is 52.0 Å². The van der Waals surface area contributed by atoms with Crippen molar-refractivity contribution >= 4 is 16.9 Å². The van der Waals surface area contributed by atoms with E-state index in [9.17, 15) is 4.79 Å². The molecule has 1 fully saturated rings. The monoisotopic (exact) mass is 314 g/mol. The van der Waals surface area contributed by atoms with E-state index in [1.807, 2.05) is 4.90 Å². The predicted molar refractivity (Wildman–Crippen MR) is 92.5 cm³/mol. The number of aryl methyl sites for hydroxylation is 1. The third kappa shape index (κ3) is 3.27. The predicted octanol–water partition coefficient (Wildman–Crippen LogP) is 3.36. The molecule has 1 saturated heterocycles. The second-order valence-corrected chi connectivity index (χ2v) is 7.04. The van der Waals surface area contributed by atoms with Gasteiger partial charge in [-0.3, -0.25) is 4.79 Å². The van der Waals surface area contributed by atoms with Gasteiger partial charge in [-0.2, -0.15) is 0 Å². The molecule has 0 radical (unpaired) electrons. The molecule has 1 aromatic heterocycles. The zero-order valence-electron chi connectivity index (χ0n) is 14.3. The first kappa shape index (κ1) is 16.1. The number of piperidine rings is 1. The molecule has 1 aromatic carbocycles. The molecule has 3 rings (SSSR count). The summed E-state index contributed by atoms with van der Waals surface area (Å²) in [6.07, 6.45) is 4.13. The Morgan fingerprint density at radius 2 is 2.22 bits per heavy atom. The number of carbonyl (C=O) groups excluding carboxylic acids is 1. The van der Waals surface area contributed by atoms with Crippen molar-refractivity contribution in [3.63, 3.8) is 0 Å². The van der Waals surface area contributed by atoms with Gasteiger partial charge in [0.05, 0.1) is 12.7 Å². The van der Waals surface area contributed by atoms with E-state index in [1.54, 1.807) is 6.26 Å². The molecule has 0 aliphatic carbocycles. The van der Waals surface area contributed by atoms with E-state index in [2.05, 4.69) is 32.9 Å². The van der Waals surface area contributed by atoms with Crippen LogP contribution in [-0.2, 0) is 11.2 Å². The summed E-state index contributed by atoms with van der Waals surface area (Å²) in [6, 6.07) is 4.38. The Balaban J connectivity index is 1.85. The van der Waals surface area contributed by atoms with Gasteiger partial charge in [-0.05, 0) is 48.9 Å². The molecule has 4 nitrogen and oxygen atoms in total. The molecule has 4 heteroatoms. The largest absolute Gasteiger partial charge is 0.464 e. The van der Waals surface area contributed by atoms with Gasteiger partial charge < -0.3 is 15.1 Å². The van der Waals surface area contributed by atoms with Crippen molar-refractivity contribution in [3.05, 3.63) is 35.1 Å². The smallest absolute Gasteiger partial charge is 0.227 e. The van der Waals surface area contributed by atoms with E-state index < -0.39 is 0 Å². The minimum absolute atomic E-state index is 0.115. The summed E-state index contributed by atoms with van der Waals surface area (Å²) < 4.78 is 5.68. The second kappa shape index (κ2) is 6.36. The number of nitrogens with two attached hydrogens (primary N) is 1. The molecule has 1 unspecified atom stereocenters. The Labute approximate surface area is 137 Å². The molecule has 1 aliphatic heterocycles. The highest BCUT2D eigenvalue weighted by atomic mass is 16.3. The number of likely N-dealkylation sites (tertiary alicyclic amines) is 1. The van der Waals surface area contributed by atoms with Crippen LogP contribution in [0.3, 0.4) is 0 Å². The zero-order valence-corrected chi connectivity index (χ0v) is 14.3. The van der Waals surface area contributed by atoms with Crippen molar-refractivity contribution in [1.82, 2.24) is 4.90 Å². The summed E-state index contributed by atoms with van der Waals surface area (Å²) in [5, 5.41) is 1.06. The molecule has 1 aliphatic rings. The van der Waals surface area contributed by atoms with Crippen LogP contribution in [0.5, 0.6) is 0 Å². The lowest BCUT2D eigenvalue weighted by atomic mass is 9.95. The number of fused-ring (bicyclic) bond motifs is 1. The summed E-state index contributed by atoms with van der Waals surface area (Å²) in [6.45, 7) is 7.98. The topological polar surface area (TPSA) is 59.5 Å². The summed E-state index contributed by atoms with van der Waals surface area (Å²) >= 11 is 0. The van der Waals surface area contributed by atoms with Gasteiger partial charge in [0.2, 0.25) is 5.91 Å². The maximum Gasteiger partial charge on any atom is 0.227 e. The molecule has 0 spiro atoms. The lowest BCUT2D eigenvalue weighted by Crippen LogP contribution is -2.46. The average molecular weight is 314 g/mol. The molecule has 0 saturated carbocycles. The number of nitrogens with zero attached hydrogens (tertiary/aromatic N) is 1. The van der Waals surface area contributed by atoms with Gasteiger partial charge in [-0.15, -0.1) is 0 Å². The maximum atomic E-state index is 12.6. The van der Waals surface area contributed by atoms with Gasteiger partial charge in [0.25, 0.3) is 0 Å². The summed E-state index contributed by atoms with van der Waals surface area (Å²) in [5.74, 6) is 0.604. The van der Waals surface area contributed by atoms with Crippen LogP contribution in [-0.4, -0.2) is 29.9 Å². The quantitative estimate of drug-likeness (QED) is 0.945. The highest BCUT2D eigenvalue weighted by Gasteiger charge is 2.22. The fourth-order valence-electron chi connectivity index (χ4n) is 3.51. The Morgan fingerprint density at radius 1 is 1.43 bits per heavy atom. The van der Waals surface area contributed by atoms with Crippen LogP contribution in [0, 0.1) is 6.92 Å². The maximum absolute atomic E-state index is 12.6. The van der Waals surface area contributed by atoms with E-state index in [-0.39, 0.29) is 11.9 Å². The molecule has 2 N–H and O–H groups in total. The number of amides is 1. The van der Waals surface area contributed by atoms with Crippen molar-refractivity contribution in [3.8, 4) is 0 Å². The first-order chi connectivity index (χ1) is 11.0. The number of rotatable bonds is 3. The molecule has 2 aromatic rings. The highest BCUT2D eigenvalue weighted by Crippen LogP contribution is 2.29. The fourth-order valence-corrected chi connectivity index (χ4v) is 3.51. The van der Waals surface area contributed by atoms with Gasteiger partial charge in [-0.1, -0.05) is 13.8 Å². The molecule has 1 amide bonds. The van der Waals surface area contributed by atoms with Gasteiger partial charge >= 0.3 is 0 Å². The Hall–Kier alpha value is -1.81. The number of furan rings is 1. The minimum Gasteiger partial charge on any atom is -0.464 e. The van der Waals surface area contributed by atoms with E-state index in [1.165, 1.54) is 11.1 Å². The Morgan fingerprint density at radius 3 is 2.91 bits per heavy atom. The normalized spacial score (nSPS) is 18.8. The average Bonchev–Trinajstić information content (AvgIpc) is 2.88. The third-order valence-electron chi connectivity index (χ3n) is 4.82. The van der Waals surface area contributed by atoms with E-state index in [0.717, 1.165) is 35.9 Å². The van der Waals surface area contributed by atoms with E-state index >= 15 is 0 Å². The number of hydrogen-bond donors (Lipinski definition) is 1. The molecular formula is C19H26N2O2. The van der Waals surface area contributed by atoms with Crippen LogP contribution < -0.4 is 5.73 Å². The van der Waals surface area contributed by atoms with Crippen LogP contribution in [0.25, 0.3) is 11.0 Å². The summed E-state index contributed by atoms with van der Waals surface area (Å²) in [7, 11) is 0. The van der Waals surface area contributed by atoms with Crippen LogP contribution in [0.2, 0.25) is 0 Å². The molecule has 124 valence electrons. The van der Waals surface area contributed by atoms with Crippen molar-refractivity contribution in [2.24, 2.45) is 5.73 Å². The van der Waals surface area contributed by atoms with Gasteiger partial charge in [0.15, 0.2) is 0 Å². The summed E-state index contributed by atoms with van der Waals surface area (Å²) in [4.78, 5) is 14.5. The molecule has 1 atom stereocenters. The number of hydrogen-bond acceptors (Lipinski definition) is 3. The lowest BCUT2D eigenvalue weighted by molar-refractivity contribution is -0.131. The van der Waals surface area contributed by atoms with Gasteiger partial charge in [0, 0.05) is 30.1 Å². The van der Waals surface area contributed by atoms with Gasteiger partial charge in [0.1, 0.15) is 5.58 Å². The molecule has 2 heterocycles. The van der Waals surface area contributed by atoms with Crippen LogP contribution >= 0.6 is 0 Å². The van der Waals surface area contributed by atoms with Crippen LogP contribution in [0.15, 0.2) is 22.8 Å². The van der Waals surface area contributed by atoms with Crippen molar-refractivity contribution < 1.29 is 9.21 Å². The number of carbonyl (C=O) groups is 1. The Bertz CT molecular complexity index is 717. The van der Waals surface area contributed by atoms with E-state index in [0.29, 0.717) is 18.9 Å². The Kier molecular flexibility index (Phi) is 4.44. The van der Waals surface area contributed by atoms with Crippen molar-refractivity contribution in [1.29, 1.82) is 0 Å². The van der Waals surface area contributed by atoms with Crippen LogP contribution in [0.4, 0.5) is 0 Å². The minimum atomic E-state index is 0.115. The first-order valence-corrected chi connectivity index (χ1v) is 8.49. The summed E-state index contributed by atoms with van der Waals surface area (Å²) in [5.41, 5.74) is 10.4. The van der Waals surface area contributed by atoms with Crippen LogP contribution in [0.1, 0.15) is 49.3 Å². The number of benzene rings is 1. The molecular weight excluding hydrogens is 288 g/mol. The lowest BCUT2D eigenvalue weighted by Gasteiger charge is -2.30. The van der Waals surface area contributed by atoms with Crippen molar-refractivity contribution in [2.75, 3.05) is 13.1 Å². The zero-order chi connectivity index (χ0) is 16.6. The first-order valence-electron chi connectivity index (χ1n) is 8.49. The van der Waals surface area contributed by atoms with Gasteiger partial charge in [-0.25, -0.2) is 0 Å². The van der Waals surface area contributed by atoms with E-state index in [4.69, 9.17) is 10.2 Å². The third-order valence-corrected chi connectivity index (χ3v) is 4.82. The second-order valence-electron chi connectivity index (χ2n) is 7.04. The standard InChI is InChI=1S/C19H26N2O2/c1-12(2)16-9-17-14(11-23-18(17)7-13(16)3)8-19(22)21-6-4-5-15(20)10-21/h7,9,11-12,15H,4-6,8,10,20H2,1-3H3. The molecule has 0 bridgehead atoms. The highest BCUT2D eigenvalue weighted by molar-refractivity contribution is 5.88. The molecule has 23 heavy (non-hydrogen) atoms. The fraction of sp³-hybridized carbons (Fsp3) is 0.526. The SMILES string of the molecule is Cc1cc2occ(CC(=O)N3CCCC(N)C3)c2cc1C(C)C.